The minimum Gasteiger partial charge on any atom is -0.495 e. The van der Waals surface area contributed by atoms with Crippen LogP contribution in [-0.4, -0.2) is 12.6 Å². The molecule has 0 aliphatic heterocycles. The standard InChI is InChI=1S/C15H22BrNO/c1-14(2,3)11-7-10(9-15(17)5-6-15)13(18-4)12(16)8-11/h7-8H,5-6,9,17H2,1-4H3. The highest BCUT2D eigenvalue weighted by Gasteiger charge is 2.39. The van der Waals surface area contributed by atoms with E-state index in [0.29, 0.717) is 0 Å². The maximum Gasteiger partial charge on any atom is 0.136 e. The maximum atomic E-state index is 6.24. The molecule has 2 rings (SSSR count). The quantitative estimate of drug-likeness (QED) is 0.921. The minimum atomic E-state index is 0.00320. The predicted octanol–water partition coefficient (Wildman–Crippen LogP) is 3.79. The summed E-state index contributed by atoms with van der Waals surface area (Å²) in [5.74, 6) is 0.930. The molecule has 0 bridgehead atoms. The van der Waals surface area contributed by atoms with Crippen LogP contribution in [0.1, 0.15) is 44.7 Å². The molecule has 0 aromatic heterocycles. The lowest BCUT2D eigenvalue weighted by molar-refractivity contribution is 0.403. The van der Waals surface area contributed by atoms with Crippen LogP contribution in [0.25, 0.3) is 0 Å². The summed E-state index contributed by atoms with van der Waals surface area (Å²) in [5, 5.41) is 0. The maximum absolute atomic E-state index is 6.24. The van der Waals surface area contributed by atoms with Crippen molar-refractivity contribution < 1.29 is 4.74 Å². The lowest BCUT2D eigenvalue weighted by Crippen LogP contribution is -2.25. The van der Waals surface area contributed by atoms with Crippen LogP contribution in [-0.2, 0) is 11.8 Å². The molecule has 1 fully saturated rings. The summed E-state index contributed by atoms with van der Waals surface area (Å²) in [5.41, 5.74) is 8.91. The average Bonchev–Trinajstić information content (AvgIpc) is 2.94. The van der Waals surface area contributed by atoms with Crippen molar-refractivity contribution in [2.75, 3.05) is 7.11 Å². The zero-order valence-corrected chi connectivity index (χ0v) is 13.2. The fourth-order valence-electron chi connectivity index (χ4n) is 2.16. The van der Waals surface area contributed by atoms with E-state index in [2.05, 4.69) is 48.8 Å². The molecule has 0 heterocycles. The lowest BCUT2D eigenvalue weighted by atomic mass is 9.85. The molecular formula is C15H22BrNO. The molecule has 1 aromatic carbocycles. The number of hydrogen-bond acceptors (Lipinski definition) is 2. The van der Waals surface area contributed by atoms with E-state index < -0.39 is 0 Å². The molecule has 0 amide bonds. The third kappa shape index (κ3) is 2.89. The van der Waals surface area contributed by atoms with Crippen LogP contribution in [0, 0.1) is 0 Å². The topological polar surface area (TPSA) is 35.2 Å². The second kappa shape index (κ2) is 4.53. The first-order valence-electron chi connectivity index (χ1n) is 6.41. The molecule has 0 saturated heterocycles. The first kappa shape index (κ1) is 13.9. The fourth-order valence-corrected chi connectivity index (χ4v) is 2.82. The van der Waals surface area contributed by atoms with Crippen molar-refractivity contribution in [2.45, 2.75) is 51.0 Å². The highest BCUT2D eigenvalue weighted by molar-refractivity contribution is 9.10. The Labute approximate surface area is 118 Å². The Morgan fingerprint density at radius 1 is 1.33 bits per heavy atom. The van der Waals surface area contributed by atoms with Gasteiger partial charge in [-0.15, -0.1) is 0 Å². The number of ether oxygens (including phenoxy) is 1. The van der Waals surface area contributed by atoms with Gasteiger partial charge in [-0.1, -0.05) is 26.8 Å². The Morgan fingerprint density at radius 2 is 1.94 bits per heavy atom. The molecule has 0 spiro atoms. The predicted molar refractivity (Wildman–Crippen MR) is 79.3 cm³/mol. The van der Waals surface area contributed by atoms with Crippen molar-refractivity contribution in [3.63, 3.8) is 0 Å². The van der Waals surface area contributed by atoms with Gasteiger partial charge in [-0.2, -0.15) is 0 Å². The van der Waals surface area contributed by atoms with E-state index in [0.717, 1.165) is 29.5 Å². The zero-order chi connectivity index (χ0) is 13.6. The van der Waals surface area contributed by atoms with Crippen molar-refractivity contribution in [3.05, 3.63) is 27.7 Å². The summed E-state index contributed by atoms with van der Waals surface area (Å²) >= 11 is 3.61. The van der Waals surface area contributed by atoms with Gasteiger partial charge in [0.2, 0.25) is 0 Å². The number of hydrogen-bond donors (Lipinski definition) is 1. The number of benzene rings is 1. The summed E-state index contributed by atoms with van der Waals surface area (Å²) in [7, 11) is 1.72. The van der Waals surface area contributed by atoms with Gasteiger partial charge in [0.15, 0.2) is 0 Å². The number of methoxy groups -OCH3 is 1. The summed E-state index contributed by atoms with van der Waals surface area (Å²) < 4.78 is 6.54. The normalized spacial score (nSPS) is 17.7. The van der Waals surface area contributed by atoms with Crippen LogP contribution in [0.4, 0.5) is 0 Å². The van der Waals surface area contributed by atoms with Gasteiger partial charge in [-0.05, 0) is 57.8 Å². The summed E-state index contributed by atoms with van der Waals surface area (Å²) in [4.78, 5) is 0. The Hall–Kier alpha value is -0.540. The Kier molecular flexibility index (Phi) is 3.50. The first-order chi connectivity index (χ1) is 8.25. The Bertz CT molecular complexity index is 458. The van der Waals surface area contributed by atoms with E-state index in [1.165, 1.54) is 11.1 Å². The molecular weight excluding hydrogens is 290 g/mol. The van der Waals surface area contributed by atoms with Gasteiger partial charge in [0, 0.05) is 5.54 Å². The Morgan fingerprint density at radius 3 is 2.39 bits per heavy atom. The van der Waals surface area contributed by atoms with Crippen molar-refractivity contribution in [1.82, 2.24) is 0 Å². The van der Waals surface area contributed by atoms with Crippen LogP contribution in [0.2, 0.25) is 0 Å². The summed E-state index contributed by atoms with van der Waals surface area (Å²) in [6, 6.07) is 4.40. The molecule has 18 heavy (non-hydrogen) atoms. The minimum absolute atomic E-state index is 0.00320. The molecule has 2 nitrogen and oxygen atoms in total. The molecule has 2 N–H and O–H groups in total. The second-order valence-electron chi connectivity index (χ2n) is 6.44. The monoisotopic (exact) mass is 311 g/mol. The third-order valence-corrected chi connectivity index (χ3v) is 4.21. The van der Waals surface area contributed by atoms with Gasteiger partial charge in [0.1, 0.15) is 5.75 Å². The van der Waals surface area contributed by atoms with Gasteiger partial charge in [0.05, 0.1) is 11.6 Å². The van der Waals surface area contributed by atoms with Gasteiger partial charge in [0.25, 0.3) is 0 Å². The van der Waals surface area contributed by atoms with Crippen LogP contribution >= 0.6 is 15.9 Å². The molecule has 0 unspecified atom stereocenters. The van der Waals surface area contributed by atoms with Gasteiger partial charge >= 0.3 is 0 Å². The smallest absolute Gasteiger partial charge is 0.136 e. The molecule has 100 valence electrons. The number of halogens is 1. The van der Waals surface area contributed by atoms with Gasteiger partial charge in [-0.3, -0.25) is 0 Å². The van der Waals surface area contributed by atoms with Crippen LogP contribution < -0.4 is 10.5 Å². The summed E-state index contributed by atoms with van der Waals surface area (Å²) in [6.45, 7) is 6.67. The fraction of sp³-hybridized carbons (Fsp3) is 0.600. The molecule has 0 atom stereocenters. The van der Waals surface area contributed by atoms with Crippen molar-refractivity contribution >= 4 is 15.9 Å². The highest BCUT2D eigenvalue weighted by atomic mass is 79.9. The second-order valence-corrected chi connectivity index (χ2v) is 7.29. The molecule has 1 aliphatic rings. The molecule has 1 aliphatic carbocycles. The largest absolute Gasteiger partial charge is 0.495 e. The van der Waals surface area contributed by atoms with Crippen LogP contribution in [0.3, 0.4) is 0 Å². The molecule has 1 aromatic rings. The van der Waals surface area contributed by atoms with E-state index in [4.69, 9.17) is 10.5 Å². The average molecular weight is 312 g/mol. The van der Waals surface area contributed by atoms with E-state index in [-0.39, 0.29) is 11.0 Å². The third-order valence-electron chi connectivity index (χ3n) is 3.63. The summed E-state index contributed by atoms with van der Waals surface area (Å²) in [6.07, 6.45) is 3.14. The van der Waals surface area contributed by atoms with Crippen molar-refractivity contribution in [2.24, 2.45) is 5.73 Å². The van der Waals surface area contributed by atoms with Crippen LogP contribution in [0.15, 0.2) is 16.6 Å². The highest BCUT2D eigenvalue weighted by Crippen LogP contribution is 2.41. The molecule has 1 saturated carbocycles. The van der Waals surface area contributed by atoms with E-state index in [9.17, 15) is 0 Å². The molecule has 3 heteroatoms. The van der Waals surface area contributed by atoms with Gasteiger partial charge in [-0.25, -0.2) is 0 Å². The lowest BCUT2D eigenvalue weighted by Gasteiger charge is -2.23. The van der Waals surface area contributed by atoms with E-state index in [1.807, 2.05) is 0 Å². The SMILES string of the molecule is COc1c(Br)cc(C(C)(C)C)cc1CC1(N)CC1. The number of rotatable bonds is 3. The Balaban J connectivity index is 2.43. The van der Waals surface area contributed by atoms with Crippen molar-refractivity contribution in [1.29, 1.82) is 0 Å². The van der Waals surface area contributed by atoms with E-state index in [1.54, 1.807) is 7.11 Å². The van der Waals surface area contributed by atoms with Crippen molar-refractivity contribution in [3.8, 4) is 5.75 Å². The zero-order valence-electron chi connectivity index (χ0n) is 11.6. The number of nitrogens with two attached hydrogens (primary N) is 1. The van der Waals surface area contributed by atoms with E-state index >= 15 is 0 Å². The molecule has 0 radical (unpaired) electrons. The first-order valence-corrected chi connectivity index (χ1v) is 7.20. The van der Waals surface area contributed by atoms with Gasteiger partial charge < -0.3 is 10.5 Å². The van der Waals surface area contributed by atoms with Crippen LogP contribution in [0.5, 0.6) is 5.75 Å².